The molecule has 2 aromatic carbocycles. The number of imidazole rings is 1. The quantitative estimate of drug-likeness (QED) is 0.369. The molecule has 2 N–H and O–H groups in total. The summed E-state index contributed by atoms with van der Waals surface area (Å²) in [6, 6.07) is 14.0. The summed E-state index contributed by atoms with van der Waals surface area (Å²) in [6.45, 7) is 0. The second-order valence-electron chi connectivity index (χ2n) is 8.90. The molecule has 6 rings (SSSR count). The summed E-state index contributed by atoms with van der Waals surface area (Å²) >= 11 is 0. The first-order chi connectivity index (χ1) is 16.4. The van der Waals surface area contributed by atoms with E-state index in [1.807, 2.05) is 18.6 Å². The second-order valence-corrected chi connectivity index (χ2v) is 10.7. The van der Waals surface area contributed by atoms with Gasteiger partial charge < -0.3 is 9.55 Å². The van der Waals surface area contributed by atoms with Gasteiger partial charge in [-0.3, -0.25) is 4.72 Å². The smallest absolute Gasteiger partial charge is 0.229 e. The minimum atomic E-state index is -3.37. The molecule has 1 fully saturated rings. The van der Waals surface area contributed by atoms with Crippen molar-refractivity contribution in [2.75, 3.05) is 11.0 Å². The van der Waals surface area contributed by atoms with Gasteiger partial charge in [-0.05, 0) is 42.7 Å². The Bertz CT molecular complexity index is 1630. The Morgan fingerprint density at radius 2 is 1.91 bits per heavy atom. The SMILES string of the molecule is CS(=O)(=O)Nc1cccc(-c2cnc3[nH]cc(-c4ccc5ncn(C6CCCC6)c5c4)c3n2)c1. The van der Waals surface area contributed by atoms with E-state index in [1.54, 1.807) is 24.4 Å². The van der Waals surface area contributed by atoms with Crippen molar-refractivity contribution < 1.29 is 8.42 Å². The largest absolute Gasteiger partial charge is 0.344 e. The number of fused-ring (bicyclic) bond motifs is 2. The molecular weight excluding hydrogens is 448 g/mol. The standard InChI is InChI=1S/C25H24N6O2S/c1-34(32,33)30-18-6-4-5-17(11-18)22-14-27-25-24(29-22)20(13-26-25)16-9-10-21-23(12-16)31(15-28-21)19-7-2-3-8-19/h4-6,9-15,19,30H,2-3,7-8H2,1H3,(H,26,27). The lowest BCUT2D eigenvalue weighted by Gasteiger charge is -2.12. The number of nitrogens with zero attached hydrogens (tertiary/aromatic N) is 4. The van der Waals surface area contributed by atoms with Gasteiger partial charge in [-0.2, -0.15) is 0 Å². The van der Waals surface area contributed by atoms with Gasteiger partial charge in [-0.25, -0.2) is 23.4 Å². The third-order valence-corrected chi connectivity index (χ3v) is 7.05. The normalized spacial score (nSPS) is 14.9. The summed E-state index contributed by atoms with van der Waals surface area (Å²) in [5.41, 5.74) is 7.57. The number of hydrogen-bond acceptors (Lipinski definition) is 5. The molecule has 0 spiro atoms. The third-order valence-electron chi connectivity index (χ3n) is 6.45. The van der Waals surface area contributed by atoms with Crippen LogP contribution in [-0.2, 0) is 10.0 Å². The average Bonchev–Trinajstić information content (AvgIpc) is 3.56. The maximum Gasteiger partial charge on any atom is 0.229 e. The van der Waals surface area contributed by atoms with E-state index >= 15 is 0 Å². The topological polar surface area (TPSA) is 106 Å². The van der Waals surface area contributed by atoms with Crippen LogP contribution >= 0.6 is 0 Å². The van der Waals surface area contributed by atoms with E-state index in [9.17, 15) is 8.42 Å². The first-order valence-electron chi connectivity index (χ1n) is 11.3. The van der Waals surface area contributed by atoms with Crippen LogP contribution in [0.5, 0.6) is 0 Å². The number of rotatable bonds is 5. The van der Waals surface area contributed by atoms with Gasteiger partial charge in [-0.15, -0.1) is 0 Å². The van der Waals surface area contributed by atoms with Crippen molar-refractivity contribution in [3.8, 4) is 22.4 Å². The number of nitrogens with one attached hydrogen (secondary N) is 2. The highest BCUT2D eigenvalue weighted by molar-refractivity contribution is 7.92. The van der Waals surface area contributed by atoms with Crippen LogP contribution < -0.4 is 4.72 Å². The minimum absolute atomic E-state index is 0.488. The van der Waals surface area contributed by atoms with Crippen molar-refractivity contribution in [3.63, 3.8) is 0 Å². The Morgan fingerprint density at radius 1 is 1.06 bits per heavy atom. The number of hydrogen-bond donors (Lipinski definition) is 2. The Morgan fingerprint density at radius 3 is 2.74 bits per heavy atom. The molecule has 0 saturated heterocycles. The Kier molecular flexibility index (Phi) is 4.88. The summed E-state index contributed by atoms with van der Waals surface area (Å²) in [7, 11) is -3.37. The maximum absolute atomic E-state index is 11.6. The molecule has 8 nitrogen and oxygen atoms in total. The third kappa shape index (κ3) is 3.81. The number of aromatic amines is 1. The van der Waals surface area contributed by atoms with E-state index in [4.69, 9.17) is 4.98 Å². The molecule has 0 amide bonds. The summed E-state index contributed by atoms with van der Waals surface area (Å²) < 4.78 is 28.1. The molecule has 34 heavy (non-hydrogen) atoms. The zero-order valence-electron chi connectivity index (χ0n) is 18.7. The highest BCUT2D eigenvalue weighted by atomic mass is 32.2. The highest BCUT2D eigenvalue weighted by Gasteiger charge is 2.19. The number of sulfonamides is 1. The van der Waals surface area contributed by atoms with E-state index in [2.05, 4.69) is 42.4 Å². The van der Waals surface area contributed by atoms with Gasteiger partial charge in [0.2, 0.25) is 10.0 Å². The molecule has 1 aliphatic carbocycles. The molecule has 3 heterocycles. The number of aromatic nitrogens is 5. The van der Waals surface area contributed by atoms with Gasteiger partial charge in [0.15, 0.2) is 5.65 Å². The summed E-state index contributed by atoms with van der Waals surface area (Å²) in [4.78, 5) is 17.3. The van der Waals surface area contributed by atoms with E-state index < -0.39 is 10.0 Å². The lowest BCUT2D eigenvalue weighted by molar-refractivity contribution is 0.532. The minimum Gasteiger partial charge on any atom is -0.344 e. The van der Waals surface area contributed by atoms with Crippen LogP contribution in [0.15, 0.2) is 61.2 Å². The molecular formula is C25H24N6O2S. The van der Waals surface area contributed by atoms with Gasteiger partial charge in [0, 0.05) is 29.1 Å². The molecule has 0 atom stereocenters. The van der Waals surface area contributed by atoms with Gasteiger partial charge in [0.1, 0.15) is 5.52 Å². The fourth-order valence-corrected chi connectivity index (χ4v) is 5.43. The van der Waals surface area contributed by atoms with Gasteiger partial charge in [-0.1, -0.05) is 31.0 Å². The van der Waals surface area contributed by atoms with E-state index in [-0.39, 0.29) is 0 Å². The van der Waals surface area contributed by atoms with Crippen molar-refractivity contribution in [3.05, 3.63) is 61.2 Å². The molecule has 1 aliphatic rings. The van der Waals surface area contributed by atoms with Gasteiger partial charge >= 0.3 is 0 Å². The number of H-pyrrole nitrogens is 1. The zero-order valence-corrected chi connectivity index (χ0v) is 19.5. The molecule has 0 bridgehead atoms. The fourth-order valence-electron chi connectivity index (χ4n) is 4.87. The van der Waals surface area contributed by atoms with Crippen molar-refractivity contribution >= 4 is 37.9 Å². The van der Waals surface area contributed by atoms with Crippen LogP contribution in [0.25, 0.3) is 44.6 Å². The molecule has 0 unspecified atom stereocenters. The van der Waals surface area contributed by atoms with Crippen molar-refractivity contribution in [1.29, 1.82) is 0 Å². The highest BCUT2D eigenvalue weighted by Crippen LogP contribution is 2.35. The Balaban J connectivity index is 1.42. The van der Waals surface area contributed by atoms with Gasteiger partial charge in [0.25, 0.3) is 0 Å². The maximum atomic E-state index is 11.6. The molecule has 9 heteroatoms. The summed E-state index contributed by atoms with van der Waals surface area (Å²) in [6.07, 6.45) is 11.7. The van der Waals surface area contributed by atoms with Crippen molar-refractivity contribution in [2.45, 2.75) is 31.7 Å². The van der Waals surface area contributed by atoms with Crippen LogP contribution in [-0.4, -0.2) is 39.2 Å². The Labute approximate surface area is 197 Å². The molecule has 172 valence electrons. The average molecular weight is 473 g/mol. The first kappa shape index (κ1) is 20.9. The Hall–Kier alpha value is -3.72. The fraction of sp³-hybridized carbons (Fsp3) is 0.240. The van der Waals surface area contributed by atoms with Crippen LogP contribution in [0.2, 0.25) is 0 Å². The molecule has 5 aromatic rings. The van der Waals surface area contributed by atoms with E-state index in [0.29, 0.717) is 23.1 Å². The summed E-state index contributed by atoms with van der Waals surface area (Å²) in [5, 5.41) is 0. The molecule has 1 saturated carbocycles. The molecule has 0 aliphatic heterocycles. The van der Waals surface area contributed by atoms with Crippen LogP contribution in [0, 0.1) is 0 Å². The molecule has 3 aromatic heterocycles. The van der Waals surface area contributed by atoms with Crippen LogP contribution in [0.3, 0.4) is 0 Å². The number of benzene rings is 2. The van der Waals surface area contributed by atoms with Gasteiger partial charge in [0.05, 0.1) is 35.5 Å². The summed E-state index contributed by atoms with van der Waals surface area (Å²) in [5.74, 6) is 0. The second kappa shape index (κ2) is 7.95. The lowest BCUT2D eigenvalue weighted by Crippen LogP contribution is -2.09. The van der Waals surface area contributed by atoms with E-state index in [0.717, 1.165) is 39.5 Å². The predicted octanol–water partition coefficient (Wildman–Crippen LogP) is 5.13. The predicted molar refractivity (Wildman–Crippen MR) is 134 cm³/mol. The van der Waals surface area contributed by atoms with Crippen LogP contribution in [0.4, 0.5) is 5.69 Å². The molecule has 0 radical (unpaired) electrons. The van der Waals surface area contributed by atoms with Crippen molar-refractivity contribution in [2.24, 2.45) is 0 Å². The lowest BCUT2D eigenvalue weighted by atomic mass is 10.1. The van der Waals surface area contributed by atoms with Crippen molar-refractivity contribution in [1.82, 2.24) is 24.5 Å². The first-order valence-corrected chi connectivity index (χ1v) is 13.2. The van der Waals surface area contributed by atoms with Crippen LogP contribution in [0.1, 0.15) is 31.7 Å². The monoisotopic (exact) mass is 472 g/mol. The van der Waals surface area contributed by atoms with E-state index in [1.165, 1.54) is 25.7 Å². The number of anilines is 1. The zero-order chi connectivity index (χ0) is 23.3.